The summed E-state index contributed by atoms with van der Waals surface area (Å²) in [5.41, 5.74) is 5.35. The topological polar surface area (TPSA) is 26.0 Å². The van der Waals surface area contributed by atoms with Crippen LogP contribution in [-0.4, -0.2) is 0 Å². The van der Waals surface area contributed by atoms with Crippen molar-refractivity contribution in [3.05, 3.63) is 68.4 Å². The lowest BCUT2D eigenvalue weighted by Gasteiger charge is -2.17. The van der Waals surface area contributed by atoms with Crippen molar-refractivity contribution in [2.45, 2.75) is 12.2 Å². The zero-order valence-corrected chi connectivity index (χ0v) is 12.7. The first-order valence-electron chi connectivity index (χ1n) is 5.77. The van der Waals surface area contributed by atoms with E-state index in [2.05, 4.69) is 15.9 Å². The molecule has 2 aromatic rings. The Hall–Kier alpha value is -1.11. The van der Waals surface area contributed by atoms with Gasteiger partial charge >= 0.3 is 6.18 Å². The highest BCUT2D eigenvalue weighted by atomic mass is 79.9. The predicted molar refractivity (Wildman–Crippen MR) is 76.6 cm³/mol. The van der Waals surface area contributed by atoms with Crippen LogP contribution in [0.3, 0.4) is 0 Å². The highest BCUT2D eigenvalue weighted by Crippen LogP contribution is 2.35. The minimum absolute atomic E-state index is 0.159. The van der Waals surface area contributed by atoms with Gasteiger partial charge in [0, 0.05) is 9.50 Å². The Bertz CT molecular complexity index is 673. The average molecular weight is 383 g/mol. The predicted octanol–water partition coefficient (Wildman–Crippen LogP) is 5.31. The first-order chi connectivity index (χ1) is 9.70. The molecule has 1 nitrogen and oxygen atoms in total. The van der Waals surface area contributed by atoms with Gasteiger partial charge in [-0.1, -0.05) is 39.7 Å². The normalized spacial score (nSPS) is 13.3. The molecule has 2 rings (SSSR count). The van der Waals surface area contributed by atoms with Crippen LogP contribution in [0.25, 0.3) is 0 Å². The van der Waals surface area contributed by atoms with Crippen LogP contribution in [0, 0.1) is 5.82 Å². The fourth-order valence-corrected chi connectivity index (χ4v) is 2.82. The zero-order valence-electron chi connectivity index (χ0n) is 10.4. The van der Waals surface area contributed by atoms with Crippen molar-refractivity contribution in [2.24, 2.45) is 5.73 Å². The second-order valence-electron chi connectivity index (χ2n) is 4.38. The van der Waals surface area contributed by atoms with Gasteiger partial charge in [0.2, 0.25) is 0 Å². The summed E-state index contributed by atoms with van der Waals surface area (Å²) in [6, 6.07) is 6.66. The van der Waals surface area contributed by atoms with Crippen LogP contribution < -0.4 is 5.73 Å². The quantitative estimate of drug-likeness (QED) is 0.700. The van der Waals surface area contributed by atoms with E-state index < -0.39 is 23.6 Å². The number of rotatable bonds is 2. The summed E-state index contributed by atoms with van der Waals surface area (Å²) in [5, 5.41) is 0.466. The molecule has 0 amide bonds. The summed E-state index contributed by atoms with van der Waals surface area (Å²) in [4.78, 5) is 0. The second kappa shape index (κ2) is 5.94. The summed E-state index contributed by atoms with van der Waals surface area (Å²) in [7, 11) is 0. The minimum atomic E-state index is -4.77. The molecule has 0 aliphatic heterocycles. The Balaban J connectivity index is 2.46. The van der Waals surface area contributed by atoms with Gasteiger partial charge in [-0.2, -0.15) is 13.2 Å². The maximum Gasteiger partial charge on any atom is 0.419 e. The Labute approximate surface area is 131 Å². The van der Waals surface area contributed by atoms with Crippen LogP contribution in [0.1, 0.15) is 22.7 Å². The molecule has 2 N–H and O–H groups in total. The minimum Gasteiger partial charge on any atom is -0.320 e. The van der Waals surface area contributed by atoms with E-state index in [1.54, 1.807) is 18.2 Å². The van der Waals surface area contributed by atoms with Gasteiger partial charge in [-0.25, -0.2) is 4.39 Å². The average Bonchev–Trinajstić information content (AvgIpc) is 2.37. The van der Waals surface area contributed by atoms with Crippen LogP contribution in [-0.2, 0) is 6.18 Å². The Morgan fingerprint density at radius 2 is 1.76 bits per heavy atom. The van der Waals surface area contributed by atoms with E-state index in [0.29, 0.717) is 15.1 Å². The van der Waals surface area contributed by atoms with E-state index in [1.807, 2.05) is 0 Å². The molecule has 0 aromatic heterocycles. The molecule has 1 atom stereocenters. The largest absolute Gasteiger partial charge is 0.419 e. The number of hydrogen-bond acceptors (Lipinski definition) is 1. The van der Waals surface area contributed by atoms with Crippen LogP contribution in [0.5, 0.6) is 0 Å². The first-order valence-corrected chi connectivity index (χ1v) is 6.94. The summed E-state index contributed by atoms with van der Waals surface area (Å²) in [6.07, 6.45) is -4.77. The van der Waals surface area contributed by atoms with Gasteiger partial charge in [-0.3, -0.25) is 0 Å². The molecule has 21 heavy (non-hydrogen) atoms. The molecule has 0 bridgehead atoms. The molecule has 7 heteroatoms. The Kier molecular flexibility index (Phi) is 4.60. The van der Waals surface area contributed by atoms with E-state index in [4.69, 9.17) is 17.3 Å². The molecular weight excluding hydrogens is 374 g/mol. The third kappa shape index (κ3) is 3.56. The van der Waals surface area contributed by atoms with Gasteiger partial charge in [-0.05, 0) is 35.4 Å². The van der Waals surface area contributed by atoms with Gasteiger partial charge < -0.3 is 5.73 Å². The molecule has 0 heterocycles. The third-order valence-corrected chi connectivity index (χ3v) is 3.87. The summed E-state index contributed by atoms with van der Waals surface area (Å²) in [5.74, 6) is -1.33. The first kappa shape index (κ1) is 16.3. The summed E-state index contributed by atoms with van der Waals surface area (Å²) < 4.78 is 52.0. The highest BCUT2D eigenvalue weighted by molar-refractivity contribution is 9.10. The van der Waals surface area contributed by atoms with E-state index in [-0.39, 0.29) is 5.56 Å². The zero-order chi connectivity index (χ0) is 15.8. The fraction of sp³-hybridized carbons (Fsp3) is 0.143. The van der Waals surface area contributed by atoms with Crippen LogP contribution in [0.15, 0.2) is 40.9 Å². The Morgan fingerprint density at radius 3 is 2.33 bits per heavy atom. The van der Waals surface area contributed by atoms with Gasteiger partial charge in [0.15, 0.2) is 0 Å². The lowest BCUT2D eigenvalue weighted by Crippen LogP contribution is -2.15. The van der Waals surface area contributed by atoms with Crippen LogP contribution >= 0.6 is 27.5 Å². The van der Waals surface area contributed by atoms with Crippen molar-refractivity contribution < 1.29 is 17.6 Å². The Morgan fingerprint density at radius 1 is 1.10 bits per heavy atom. The lowest BCUT2D eigenvalue weighted by atomic mass is 9.97. The second-order valence-corrected chi connectivity index (χ2v) is 5.67. The SMILES string of the molecule is NC(c1ccc(F)c(C(F)(F)F)c1)c1ccc(Cl)cc1Br. The van der Waals surface area contributed by atoms with E-state index >= 15 is 0 Å². The van der Waals surface area contributed by atoms with Crippen molar-refractivity contribution in [3.63, 3.8) is 0 Å². The van der Waals surface area contributed by atoms with E-state index in [9.17, 15) is 17.6 Å². The molecule has 1 unspecified atom stereocenters. The van der Waals surface area contributed by atoms with Crippen LogP contribution in [0.4, 0.5) is 17.6 Å². The monoisotopic (exact) mass is 381 g/mol. The molecule has 2 aromatic carbocycles. The highest BCUT2D eigenvalue weighted by Gasteiger charge is 2.34. The van der Waals surface area contributed by atoms with E-state index in [0.717, 1.165) is 12.1 Å². The summed E-state index contributed by atoms with van der Waals surface area (Å²) in [6.45, 7) is 0. The van der Waals surface area contributed by atoms with Gasteiger partial charge in [0.25, 0.3) is 0 Å². The van der Waals surface area contributed by atoms with Gasteiger partial charge in [-0.15, -0.1) is 0 Å². The van der Waals surface area contributed by atoms with Crippen molar-refractivity contribution in [2.75, 3.05) is 0 Å². The maximum absolute atomic E-state index is 13.3. The molecule has 0 spiro atoms. The van der Waals surface area contributed by atoms with Gasteiger partial charge in [0.1, 0.15) is 5.82 Å². The number of nitrogens with two attached hydrogens (primary N) is 1. The molecule has 0 saturated heterocycles. The molecule has 112 valence electrons. The number of benzene rings is 2. The smallest absolute Gasteiger partial charge is 0.320 e. The fourth-order valence-electron chi connectivity index (χ4n) is 1.89. The van der Waals surface area contributed by atoms with Gasteiger partial charge in [0.05, 0.1) is 11.6 Å². The summed E-state index contributed by atoms with van der Waals surface area (Å²) >= 11 is 9.06. The molecule has 0 aliphatic rings. The molecule has 0 aliphatic carbocycles. The molecule has 0 saturated carbocycles. The van der Waals surface area contributed by atoms with E-state index in [1.165, 1.54) is 6.07 Å². The third-order valence-electron chi connectivity index (χ3n) is 2.95. The molecular formula is C14H9BrClF4N. The lowest BCUT2D eigenvalue weighted by molar-refractivity contribution is -0.140. The number of alkyl halides is 3. The number of hydrogen-bond donors (Lipinski definition) is 1. The maximum atomic E-state index is 13.3. The van der Waals surface area contributed by atoms with Crippen LogP contribution in [0.2, 0.25) is 5.02 Å². The van der Waals surface area contributed by atoms with Crippen molar-refractivity contribution in [3.8, 4) is 0 Å². The molecule has 0 fully saturated rings. The van der Waals surface area contributed by atoms with Crippen molar-refractivity contribution in [1.82, 2.24) is 0 Å². The van der Waals surface area contributed by atoms with Crippen molar-refractivity contribution >= 4 is 27.5 Å². The molecule has 0 radical (unpaired) electrons. The van der Waals surface area contributed by atoms with Crippen molar-refractivity contribution in [1.29, 1.82) is 0 Å². The number of halogens is 6. The standard InChI is InChI=1S/C14H9BrClF4N/c15-11-6-8(16)2-3-9(11)13(21)7-1-4-12(17)10(5-7)14(18,19)20/h1-6,13H,21H2.